The number of rotatable bonds is 3. The number of nitrogens with zero attached hydrogens (tertiary/aromatic N) is 2. The van der Waals surface area contributed by atoms with Crippen molar-refractivity contribution in [2.24, 2.45) is 5.73 Å². The zero-order valence-electron chi connectivity index (χ0n) is 10.8. The van der Waals surface area contributed by atoms with Gasteiger partial charge < -0.3 is 20.9 Å². The molecule has 1 aromatic carbocycles. The Labute approximate surface area is 111 Å². The number of imidazole rings is 1. The van der Waals surface area contributed by atoms with Crippen molar-refractivity contribution in [3.63, 3.8) is 0 Å². The molecule has 1 aromatic heterocycles. The lowest BCUT2D eigenvalue weighted by molar-refractivity contribution is 0.218. The van der Waals surface area contributed by atoms with Crippen molar-refractivity contribution in [1.29, 1.82) is 0 Å². The molecule has 1 fully saturated rings. The maximum Gasteiger partial charge on any atom is 0.318 e. The van der Waals surface area contributed by atoms with Gasteiger partial charge in [-0.05, 0) is 24.6 Å². The van der Waals surface area contributed by atoms with Gasteiger partial charge in [0.25, 0.3) is 0 Å². The van der Waals surface area contributed by atoms with Gasteiger partial charge in [-0.25, -0.2) is 9.78 Å². The van der Waals surface area contributed by atoms with E-state index in [4.69, 9.17) is 5.73 Å². The van der Waals surface area contributed by atoms with E-state index in [0.29, 0.717) is 19.6 Å². The predicted octanol–water partition coefficient (Wildman–Crippen LogP) is 0.896. The van der Waals surface area contributed by atoms with Gasteiger partial charge in [-0.3, -0.25) is 0 Å². The molecule has 1 aliphatic heterocycles. The van der Waals surface area contributed by atoms with Gasteiger partial charge in [0.15, 0.2) is 0 Å². The molecule has 1 unspecified atom stereocenters. The number of fused-ring (bicyclic) bond motifs is 1. The monoisotopic (exact) mass is 259 g/mol. The van der Waals surface area contributed by atoms with Crippen molar-refractivity contribution in [3.8, 4) is 0 Å². The summed E-state index contributed by atoms with van der Waals surface area (Å²) in [5, 5.41) is 2.97. The molecule has 3 rings (SSSR count). The van der Waals surface area contributed by atoms with Crippen LogP contribution in [0.25, 0.3) is 11.0 Å². The number of aryl methyl sites for hydroxylation is 1. The van der Waals surface area contributed by atoms with Gasteiger partial charge in [0, 0.05) is 19.6 Å². The van der Waals surface area contributed by atoms with Gasteiger partial charge in [0.05, 0.1) is 17.1 Å². The molecule has 6 heteroatoms. The van der Waals surface area contributed by atoms with E-state index < -0.39 is 0 Å². The molecule has 6 nitrogen and oxygen atoms in total. The number of hydrogen-bond donors (Lipinski definition) is 3. The highest BCUT2D eigenvalue weighted by Crippen LogP contribution is 2.23. The third kappa shape index (κ3) is 2.15. The Morgan fingerprint density at radius 3 is 3.16 bits per heavy atom. The minimum absolute atomic E-state index is 0.0204. The number of hydrogen-bond acceptors (Lipinski definition) is 3. The number of carbonyl (C=O) groups excluding carboxylic acids is 1. The zero-order chi connectivity index (χ0) is 13.4. The van der Waals surface area contributed by atoms with Crippen LogP contribution in [-0.2, 0) is 0 Å². The average molecular weight is 259 g/mol. The highest BCUT2D eigenvalue weighted by Gasteiger charge is 2.29. The number of H-pyrrole nitrogens is 1. The summed E-state index contributed by atoms with van der Waals surface area (Å²) < 4.78 is 0. The van der Waals surface area contributed by atoms with Crippen molar-refractivity contribution in [2.75, 3.05) is 19.6 Å². The maximum absolute atomic E-state index is 11.8. The zero-order valence-corrected chi connectivity index (χ0v) is 10.8. The average Bonchev–Trinajstić information content (AvgIpc) is 2.91. The molecule has 1 atom stereocenters. The Balaban J connectivity index is 1.86. The largest absolute Gasteiger partial charge is 0.342 e. The van der Waals surface area contributed by atoms with E-state index in [9.17, 15) is 4.79 Å². The predicted molar refractivity (Wildman–Crippen MR) is 72.7 cm³/mol. The second kappa shape index (κ2) is 4.55. The Morgan fingerprint density at radius 1 is 1.53 bits per heavy atom. The summed E-state index contributed by atoms with van der Waals surface area (Å²) in [6.07, 6.45) is 0. The molecule has 1 saturated heterocycles. The number of urea groups is 1. The molecule has 0 radical (unpaired) electrons. The molecule has 100 valence electrons. The minimum Gasteiger partial charge on any atom is -0.342 e. The van der Waals surface area contributed by atoms with E-state index in [0.717, 1.165) is 22.4 Å². The van der Waals surface area contributed by atoms with Crippen LogP contribution in [0.1, 0.15) is 17.4 Å². The molecule has 0 bridgehead atoms. The molecule has 1 aliphatic rings. The van der Waals surface area contributed by atoms with Crippen LogP contribution in [0.4, 0.5) is 4.79 Å². The van der Waals surface area contributed by atoms with E-state index in [2.05, 4.69) is 15.3 Å². The summed E-state index contributed by atoms with van der Waals surface area (Å²) in [4.78, 5) is 21.1. The van der Waals surface area contributed by atoms with Crippen LogP contribution in [0.5, 0.6) is 0 Å². The van der Waals surface area contributed by atoms with Crippen molar-refractivity contribution in [1.82, 2.24) is 20.2 Å². The van der Waals surface area contributed by atoms with E-state index >= 15 is 0 Å². The lowest BCUT2D eigenvalue weighted by Gasteiger charge is -2.13. The Hall–Kier alpha value is -2.08. The van der Waals surface area contributed by atoms with E-state index in [1.807, 2.05) is 25.1 Å². The molecule has 4 N–H and O–H groups in total. The minimum atomic E-state index is -0.0451. The molecule has 2 aromatic rings. The topological polar surface area (TPSA) is 87.0 Å². The van der Waals surface area contributed by atoms with Crippen LogP contribution < -0.4 is 11.1 Å². The van der Waals surface area contributed by atoms with Gasteiger partial charge in [-0.15, -0.1) is 0 Å². The molecule has 2 amide bonds. The number of benzene rings is 1. The van der Waals surface area contributed by atoms with Crippen LogP contribution >= 0.6 is 0 Å². The number of aromatic nitrogens is 2. The highest BCUT2D eigenvalue weighted by atomic mass is 16.2. The van der Waals surface area contributed by atoms with Gasteiger partial charge in [-0.1, -0.05) is 6.07 Å². The number of nitrogens with one attached hydrogen (secondary N) is 2. The molecule has 0 saturated carbocycles. The fourth-order valence-electron chi connectivity index (χ4n) is 2.50. The van der Waals surface area contributed by atoms with Crippen molar-refractivity contribution in [3.05, 3.63) is 29.6 Å². The van der Waals surface area contributed by atoms with E-state index in [-0.39, 0.29) is 12.1 Å². The van der Waals surface area contributed by atoms with E-state index in [1.54, 1.807) is 4.90 Å². The summed E-state index contributed by atoms with van der Waals surface area (Å²) in [5.41, 5.74) is 8.53. The SMILES string of the molecule is Cc1nc2ccc(C3CN(CCN)C(=O)N3)cc2[nH]1. The third-order valence-electron chi connectivity index (χ3n) is 3.41. The molecule has 2 heterocycles. The molecule has 19 heavy (non-hydrogen) atoms. The number of aromatic amines is 1. The fourth-order valence-corrected chi connectivity index (χ4v) is 2.50. The van der Waals surface area contributed by atoms with Crippen LogP contribution in [-0.4, -0.2) is 40.5 Å². The van der Waals surface area contributed by atoms with Gasteiger partial charge in [0.2, 0.25) is 0 Å². The molecule has 0 aliphatic carbocycles. The first-order valence-electron chi connectivity index (χ1n) is 6.39. The quantitative estimate of drug-likeness (QED) is 0.765. The Bertz CT molecular complexity index is 621. The highest BCUT2D eigenvalue weighted by molar-refractivity contribution is 5.79. The first kappa shape index (κ1) is 12.0. The Kier molecular flexibility index (Phi) is 2.87. The first-order chi connectivity index (χ1) is 9.17. The first-order valence-corrected chi connectivity index (χ1v) is 6.39. The maximum atomic E-state index is 11.8. The van der Waals surface area contributed by atoms with Crippen LogP contribution in [0, 0.1) is 6.92 Å². The summed E-state index contributed by atoms with van der Waals surface area (Å²) >= 11 is 0. The van der Waals surface area contributed by atoms with Crippen molar-refractivity contribution >= 4 is 17.1 Å². The second-order valence-corrected chi connectivity index (χ2v) is 4.84. The standard InChI is InChI=1S/C13H17N5O/c1-8-15-10-3-2-9(6-11(10)16-8)12-7-18(5-4-14)13(19)17-12/h2-3,6,12H,4-5,7,14H2,1H3,(H,15,16)(H,17,19). The lowest BCUT2D eigenvalue weighted by atomic mass is 10.1. The summed E-state index contributed by atoms with van der Waals surface area (Å²) in [7, 11) is 0. The molecular formula is C13H17N5O. The summed E-state index contributed by atoms with van der Waals surface area (Å²) in [6, 6.07) is 6.01. The summed E-state index contributed by atoms with van der Waals surface area (Å²) in [5.74, 6) is 0.896. The molecule has 0 spiro atoms. The van der Waals surface area contributed by atoms with Gasteiger partial charge in [-0.2, -0.15) is 0 Å². The van der Waals surface area contributed by atoms with Crippen LogP contribution in [0.15, 0.2) is 18.2 Å². The molecular weight excluding hydrogens is 242 g/mol. The van der Waals surface area contributed by atoms with Crippen molar-refractivity contribution in [2.45, 2.75) is 13.0 Å². The number of carbonyl (C=O) groups is 1. The third-order valence-corrected chi connectivity index (χ3v) is 3.41. The van der Waals surface area contributed by atoms with Crippen LogP contribution in [0.2, 0.25) is 0 Å². The lowest BCUT2D eigenvalue weighted by Crippen LogP contribution is -2.32. The summed E-state index contributed by atoms with van der Waals surface area (Å²) in [6.45, 7) is 3.67. The van der Waals surface area contributed by atoms with E-state index in [1.165, 1.54) is 0 Å². The van der Waals surface area contributed by atoms with Crippen LogP contribution in [0.3, 0.4) is 0 Å². The van der Waals surface area contributed by atoms with Gasteiger partial charge in [0.1, 0.15) is 5.82 Å². The van der Waals surface area contributed by atoms with Crippen molar-refractivity contribution < 1.29 is 4.79 Å². The second-order valence-electron chi connectivity index (χ2n) is 4.84. The number of nitrogens with two attached hydrogens (primary N) is 1. The van der Waals surface area contributed by atoms with Gasteiger partial charge >= 0.3 is 6.03 Å². The normalized spacial score (nSPS) is 19.2. The Morgan fingerprint density at radius 2 is 2.37 bits per heavy atom. The smallest absolute Gasteiger partial charge is 0.318 e. The fraction of sp³-hybridized carbons (Fsp3) is 0.385. The number of amides is 2.